The van der Waals surface area contributed by atoms with E-state index in [1.165, 1.54) is 21.9 Å². The topological polar surface area (TPSA) is 72.2 Å². The first-order chi connectivity index (χ1) is 25.1. The summed E-state index contributed by atoms with van der Waals surface area (Å²) >= 11 is 0. The van der Waals surface area contributed by atoms with Crippen molar-refractivity contribution in [3.63, 3.8) is 0 Å². The fourth-order valence-electron chi connectivity index (χ4n) is 8.50. The van der Waals surface area contributed by atoms with Crippen LogP contribution in [0.2, 0.25) is 0 Å². The van der Waals surface area contributed by atoms with Gasteiger partial charge in [0.1, 0.15) is 0 Å². The lowest BCUT2D eigenvalue weighted by Gasteiger charge is -2.32. The van der Waals surface area contributed by atoms with Crippen molar-refractivity contribution in [2.45, 2.75) is 105 Å². The van der Waals surface area contributed by atoms with Gasteiger partial charge in [0.25, 0.3) is 5.91 Å². The van der Waals surface area contributed by atoms with Crippen LogP contribution in [-0.2, 0) is 21.7 Å². The number of fused-ring (bicyclic) bond motifs is 2. The van der Waals surface area contributed by atoms with Crippen LogP contribution < -0.4 is 11.1 Å². The zero-order valence-electron chi connectivity index (χ0n) is 34.1. The van der Waals surface area contributed by atoms with E-state index in [1.54, 1.807) is 0 Å². The largest absolute Gasteiger partial charge is 0.351 e. The van der Waals surface area contributed by atoms with Crippen molar-refractivity contribution < 1.29 is 9.59 Å². The van der Waals surface area contributed by atoms with Gasteiger partial charge in [-0.15, -0.1) is 0 Å². The Morgan fingerprint density at radius 3 is 1.41 bits per heavy atom. The number of urea groups is 1. The maximum Gasteiger partial charge on any atom is 0.319 e. The summed E-state index contributed by atoms with van der Waals surface area (Å²) in [6, 6.07) is 32.1. The summed E-state index contributed by atoms with van der Waals surface area (Å²) in [6.07, 6.45) is 0. The molecule has 0 atom stereocenters. The van der Waals surface area contributed by atoms with Crippen LogP contribution in [0, 0.1) is 0 Å². The molecule has 0 heterocycles. The number of imide groups is 1. The highest BCUT2D eigenvalue weighted by molar-refractivity contribution is 6.39. The minimum atomic E-state index is -0.882. The van der Waals surface area contributed by atoms with E-state index in [0.29, 0.717) is 5.56 Å². The first-order valence-corrected chi connectivity index (χ1v) is 19.2. The summed E-state index contributed by atoms with van der Waals surface area (Å²) < 4.78 is 0. The Bertz CT molecular complexity index is 2650. The molecule has 0 aliphatic carbocycles. The molecule has 7 aromatic carbocycles. The van der Waals surface area contributed by atoms with E-state index in [9.17, 15) is 9.59 Å². The molecule has 276 valence electrons. The second kappa shape index (κ2) is 12.4. The number of carbonyl (C=O) groups is 2. The van der Waals surface area contributed by atoms with E-state index in [1.807, 2.05) is 12.1 Å². The minimum absolute atomic E-state index is 0.147. The SMILES string of the molecule is CC(C)(C)c1ccc(C(C)(C)C)c(-c2c(C(=O)NC(N)=O)c3cccc4c5cccc6cccc(c(c2-c2cc(C(C)(C)C)ccc2C(C)(C)C)c34)c65)c1. The first kappa shape index (κ1) is 37.1. The molecule has 4 nitrogen and oxygen atoms in total. The maximum atomic E-state index is 15.0. The van der Waals surface area contributed by atoms with E-state index in [2.05, 4.69) is 167 Å². The number of carbonyl (C=O) groups excluding carboxylic acids is 2. The van der Waals surface area contributed by atoms with Crippen molar-refractivity contribution >= 4 is 55.0 Å². The number of nitrogens with two attached hydrogens (primary N) is 1. The average Bonchev–Trinajstić information content (AvgIpc) is 3.07. The van der Waals surface area contributed by atoms with Crippen molar-refractivity contribution in [2.24, 2.45) is 5.73 Å². The molecule has 0 aliphatic heterocycles. The number of primary amides is 1. The van der Waals surface area contributed by atoms with Crippen molar-refractivity contribution in [1.29, 1.82) is 0 Å². The lowest BCUT2D eigenvalue weighted by atomic mass is 9.71. The quantitative estimate of drug-likeness (QED) is 0.141. The van der Waals surface area contributed by atoms with Gasteiger partial charge in [-0.25, -0.2) is 4.79 Å². The molecule has 54 heavy (non-hydrogen) atoms. The Morgan fingerprint density at radius 2 is 0.926 bits per heavy atom. The molecule has 7 aromatic rings. The molecule has 0 bridgehead atoms. The lowest BCUT2D eigenvalue weighted by molar-refractivity contribution is 0.0968. The normalized spacial score (nSPS) is 13.0. The predicted octanol–water partition coefficient (Wildman–Crippen LogP) is 13.1. The summed E-state index contributed by atoms with van der Waals surface area (Å²) in [6.45, 7) is 26.9. The van der Waals surface area contributed by atoms with Gasteiger partial charge in [0.05, 0.1) is 5.56 Å². The molecule has 0 saturated heterocycles. The summed E-state index contributed by atoms with van der Waals surface area (Å²) in [5.41, 5.74) is 13.9. The number of nitrogens with one attached hydrogen (secondary N) is 1. The van der Waals surface area contributed by atoms with Crippen LogP contribution in [-0.4, -0.2) is 11.9 Å². The van der Waals surface area contributed by atoms with Crippen LogP contribution in [0.25, 0.3) is 65.3 Å². The molecule has 0 aliphatic rings. The maximum absolute atomic E-state index is 15.0. The van der Waals surface area contributed by atoms with Gasteiger partial charge in [-0.2, -0.15) is 0 Å². The zero-order chi connectivity index (χ0) is 39.3. The van der Waals surface area contributed by atoms with Gasteiger partial charge in [0.2, 0.25) is 0 Å². The summed E-state index contributed by atoms with van der Waals surface area (Å²) in [5, 5.41) is 11.1. The van der Waals surface area contributed by atoms with Gasteiger partial charge >= 0.3 is 6.03 Å². The average molecular weight is 715 g/mol. The Kier molecular flexibility index (Phi) is 8.53. The molecule has 0 saturated carbocycles. The molecule has 0 unspecified atom stereocenters. The Morgan fingerprint density at radius 1 is 0.481 bits per heavy atom. The minimum Gasteiger partial charge on any atom is -0.351 e. The van der Waals surface area contributed by atoms with Crippen LogP contribution in [0.1, 0.15) is 116 Å². The summed E-state index contributed by atoms with van der Waals surface area (Å²) in [4.78, 5) is 27.6. The molecule has 3 amide bonds. The molecular weight excluding hydrogens is 661 g/mol. The fourth-order valence-corrected chi connectivity index (χ4v) is 8.50. The number of hydrogen-bond acceptors (Lipinski definition) is 2. The molecule has 0 radical (unpaired) electrons. The highest BCUT2D eigenvalue weighted by Gasteiger charge is 2.34. The van der Waals surface area contributed by atoms with Gasteiger partial charge in [0, 0.05) is 5.56 Å². The second-order valence-corrected chi connectivity index (χ2v) is 19.3. The molecule has 0 aromatic heterocycles. The molecule has 0 spiro atoms. The van der Waals surface area contributed by atoms with Crippen LogP contribution >= 0.6 is 0 Å². The number of rotatable bonds is 3. The van der Waals surface area contributed by atoms with Crippen molar-refractivity contribution in [1.82, 2.24) is 5.32 Å². The van der Waals surface area contributed by atoms with E-state index < -0.39 is 11.9 Å². The molecule has 3 N–H and O–H groups in total. The Balaban J connectivity index is 1.92. The third kappa shape index (κ3) is 6.10. The Labute approximate surface area is 320 Å². The highest BCUT2D eigenvalue weighted by atomic mass is 16.2. The first-order valence-electron chi connectivity index (χ1n) is 19.2. The summed E-state index contributed by atoms with van der Waals surface area (Å²) in [7, 11) is 0. The Hall–Kier alpha value is -5.22. The number of amides is 3. The molecule has 0 fully saturated rings. The number of benzene rings is 7. The van der Waals surface area contributed by atoms with Crippen LogP contribution in [0.4, 0.5) is 4.79 Å². The van der Waals surface area contributed by atoms with E-state index in [0.717, 1.165) is 65.7 Å². The monoisotopic (exact) mass is 714 g/mol. The molecule has 7 rings (SSSR count). The van der Waals surface area contributed by atoms with Crippen molar-refractivity contribution in [3.8, 4) is 22.3 Å². The van der Waals surface area contributed by atoms with Gasteiger partial charge in [-0.05, 0) is 104 Å². The third-order valence-corrected chi connectivity index (χ3v) is 11.2. The molecule has 4 heteroatoms. The fraction of sp³-hybridized carbons (Fsp3) is 0.320. The standard InChI is InChI=1S/C50H54N2O2/c1-47(2,3)29-22-24-37(49(7,8)9)35(26-29)42-41-33-20-14-17-28-16-13-18-31(39(28)33)32-19-15-21-34(40(32)41)44(45(53)52-46(51)54)43(42)36-27-30(48(4,5)6)23-25-38(36)50(10,11)12/h13-27H,1-12H3,(H3,51,52,53,54). The van der Waals surface area contributed by atoms with E-state index in [-0.39, 0.29) is 21.7 Å². The second-order valence-electron chi connectivity index (χ2n) is 19.3. The summed E-state index contributed by atoms with van der Waals surface area (Å²) in [5.74, 6) is -0.509. The van der Waals surface area contributed by atoms with Gasteiger partial charge in [0.15, 0.2) is 0 Å². The molecular formula is C50H54N2O2. The van der Waals surface area contributed by atoms with Crippen LogP contribution in [0.5, 0.6) is 0 Å². The van der Waals surface area contributed by atoms with Gasteiger partial charge < -0.3 is 5.73 Å². The highest BCUT2D eigenvalue weighted by Crippen LogP contribution is 2.53. The van der Waals surface area contributed by atoms with Crippen molar-refractivity contribution in [2.75, 3.05) is 0 Å². The zero-order valence-corrected chi connectivity index (χ0v) is 34.1. The third-order valence-electron chi connectivity index (χ3n) is 11.2. The van der Waals surface area contributed by atoms with Gasteiger partial charge in [-0.3, -0.25) is 10.1 Å². The number of hydrogen-bond donors (Lipinski definition) is 2. The van der Waals surface area contributed by atoms with E-state index >= 15 is 0 Å². The van der Waals surface area contributed by atoms with Crippen molar-refractivity contribution in [3.05, 3.63) is 119 Å². The lowest BCUT2D eigenvalue weighted by Crippen LogP contribution is -2.35. The van der Waals surface area contributed by atoms with E-state index in [4.69, 9.17) is 5.73 Å². The van der Waals surface area contributed by atoms with Crippen LogP contribution in [0.3, 0.4) is 0 Å². The predicted molar refractivity (Wildman–Crippen MR) is 230 cm³/mol. The van der Waals surface area contributed by atoms with Crippen LogP contribution in [0.15, 0.2) is 91.0 Å². The smallest absolute Gasteiger partial charge is 0.319 e. The van der Waals surface area contributed by atoms with Gasteiger partial charge in [-0.1, -0.05) is 174 Å².